The van der Waals surface area contributed by atoms with Crippen molar-refractivity contribution in [2.75, 3.05) is 31.1 Å². The number of nitrogens with one attached hydrogen (secondary N) is 1. The summed E-state index contributed by atoms with van der Waals surface area (Å²) in [4.78, 5) is 19.5. The third kappa shape index (κ3) is 2.71. The van der Waals surface area contributed by atoms with E-state index < -0.39 is 0 Å². The molecule has 1 N–H and O–H groups in total. The Balaban J connectivity index is 1.79. The molecule has 0 saturated carbocycles. The van der Waals surface area contributed by atoms with E-state index in [4.69, 9.17) is 0 Å². The first kappa shape index (κ1) is 14.3. The number of piperazine rings is 1. The zero-order valence-electron chi connectivity index (χ0n) is 12.2. The number of anilines is 1. The Morgan fingerprint density at radius 1 is 1.22 bits per heavy atom. The molecule has 23 heavy (non-hydrogen) atoms. The summed E-state index contributed by atoms with van der Waals surface area (Å²) in [6.45, 7) is 3.38. The van der Waals surface area contributed by atoms with Crippen LogP contribution < -0.4 is 15.8 Å². The molecule has 0 atom stereocenters. The molecule has 0 aliphatic carbocycles. The molecule has 1 aliphatic rings. The van der Waals surface area contributed by atoms with Crippen molar-refractivity contribution < 1.29 is 4.39 Å². The fourth-order valence-electron chi connectivity index (χ4n) is 2.59. The Morgan fingerprint density at radius 2 is 2.04 bits per heavy atom. The molecular formula is C15H14FN5OS. The van der Waals surface area contributed by atoms with Crippen LogP contribution in [0.2, 0.25) is 0 Å². The first-order chi connectivity index (χ1) is 11.2. The Hall–Kier alpha value is -2.32. The maximum absolute atomic E-state index is 13.4. The molecule has 1 fully saturated rings. The molecular weight excluding hydrogens is 317 g/mol. The van der Waals surface area contributed by atoms with Crippen molar-refractivity contribution in [3.63, 3.8) is 0 Å². The van der Waals surface area contributed by atoms with Crippen molar-refractivity contribution in [3.8, 4) is 10.6 Å². The van der Waals surface area contributed by atoms with Gasteiger partial charge in [0.15, 0.2) is 0 Å². The minimum absolute atomic E-state index is 0.220. The van der Waals surface area contributed by atoms with Gasteiger partial charge in [-0.2, -0.15) is 9.61 Å². The van der Waals surface area contributed by atoms with E-state index in [2.05, 4.69) is 20.3 Å². The van der Waals surface area contributed by atoms with Gasteiger partial charge in [-0.25, -0.2) is 9.37 Å². The molecule has 4 rings (SSSR count). The Kier molecular flexibility index (Phi) is 3.55. The standard InChI is InChI=1S/C15H14FN5OS/c16-11-3-1-2-10(8-11)14-19-21-13(22)9-12(18-15(21)23-14)20-6-4-17-5-7-20/h1-3,8-9,17H,4-7H2. The fraction of sp³-hybridized carbons (Fsp3) is 0.267. The van der Waals surface area contributed by atoms with Gasteiger partial charge in [0.2, 0.25) is 4.96 Å². The van der Waals surface area contributed by atoms with Gasteiger partial charge in [0.25, 0.3) is 5.56 Å². The molecule has 8 heteroatoms. The summed E-state index contributed by atoms with van der Waals surface area (Å²) in [6.07, 6.45) is 0. The minimum Gasteiger partial charge on any atom is -0.354 e. The van der Waals surface area contributed by atoms with E-state index in [0.717, 1.165) is 26.2 Å². The van der Waals surface area contributed by atoms with Crippen molar-refractivity contribution in [1.82, 2.24) is 19.9 Å². The molecule has 0 spiro atoms. The summed E-state index contributed by atoms with van der Waals surface area (Å²) in [5, 5.41) is 8.12. The maximum Gasteiger partial charge on any atom is 0.277 e. The second-order valence-corrected chi connectivity index (χ2v) is 6.26. The van der Waals surface area contributed by atoms with E-state index in [1.165, 1.54) is 34.1 Å². The van der Waals surface area contributed by atoms with Gasteiger partial charge in [0.1, 0.15) is 16.6 Å². The van der Waals surface area contributed by atoms with Gasteiger partial charge in [-0.15, -0.1) is 0 Å². The van der Waals surface area contributed by atoms with E-state index in [0.29, 0.717) is 21.3 Å². The number of fused-ring (bicyclic) bond motifs is 1. The van der Waals surface area contributed by atoms with Gasteiger partial charge in [-0.05, 0) is 12.1 Å². The monoisotopic (exact) mass is 331 g/mol. The molecule has 118 valence electrons. The van der Waals surface area contributed by atoms with Crippen molar-refractivity contribution in [1.29, 1.82) is 0 Å². The Morgan fingerprint density at radius 3 is 2.83 bits per heavy atom. The quantitative estimate of drug-likeness (QED) is 0.768. The second-order valence-electron chi connectivity index (χ2n) is 5.30. The van der Waals surface area contributed by atoms with Crippen LogP contribution in [0.15, 0.2) is 35.1 Å². The fourth-order valence-corrected chi connectivity index (χ4v) is 3.49. The van der Waals surface area contributed by atoms with E-state index in [-0.39, 0.29) is 11.4 Å². The topological polar surface area (TPSA) is 62.5 Å². The summed E-state index contributed by atoms with van der Waals surface area (Å²) in [6, 6.07) is 7.68. The molecule has 1 aromatic carbocycles. The lowest BCUT2D eigenvalue weighted by molar-refractivity contribution is 0.584. The van der Waals surface area contributed by atoms with E-state index in [1.807, 2.05) is 0 Å². The van der Waals surface area contributed by atoms with Crippen LogP contribution in [0.3, 0.4) is 0 Å². The number of aromatic nitrogens is 3. The van der Waals surface area contributed by atoms with Crippen molar-refractivity contribution in [2.45, 2.75) is 0 Å². The lowest BCUT2D eigenvalue weighted by atomic mass is 10.2. The number of halogens is 1. The number of hydrogen-bond acceptors (Lipinski definition) is 6. The lowest BCUT2D eigenvalue weighted by Gasteiger charge is -2.27. The predicted octanol–water partition coefficient (Wildman–Crippen LogP) is 1.37. The van der Waals surface area contributed by atoms with Gasteiger partial charge in [-0.3, -0.25) is 4.79 Å². The van der Waals surface area contributed by atoms with Crippen LogP contribution >= 0.6 is 11.3 Å². The third-order valence-electron chi connectivity index (χ3n) is 3.74. The van der Waals surface area contributed by atoms with Crippen LogP contribution in [0.25, 0.3) is 15.5 Å². The highest BCUT2D eigenvalue weighted by molar-refractivity contribution is 7.19. The van der Waals surface area contributed by atoms with Crippen molar-refractivity contribution in [2.24, 2.45) is 0 Å². The average molecular weight is 331 g/mol. The smallest absolute Gasteiger partial charge is 0.277 e. The van der Waals surface area contributed by atoms with E-state index in [1.54, 1.807) is 12.1 Å². The molecule has 3 aromatic rings. The molecule has 6 nitrogen and oxygen atoms in total. The Bertz CT molecular complexity index is 916. The van der Waals surface area contributed by atoms with Crippen LogP contribution in [0, 0.1) is 5.82 Å². The number of rotatable bonds is 2. The van der Waals surface area contributed by atoms with E-state index in [9.17, 15) is 9.18 Å². The summed E-state index contributed by atoms with van der Waals surface area (Å²) in [5.74, 6) is 0.342. The van der Waals surface area contributed by atoms with Crippen LogP contribution in [0.4, 0.5) is 10.2 Å². The van der Waals surface area contributed by atoms with Crippen molar-refractivity contribution >= 4 is 22.1 Å². The molecule has 0 unspecified atom stereocenters. The largest absolute Gasteiger partial charge is 0.354 e. The van der Waals surface area contributed by atoms with Gasteiger partial charge < -0.3 is 10.2 Å². The van der Waals surface area contributed by atoms with Crippen LogP contribution in [-0.4, -0.2) is 40.8 Å². The van der Waals surface area contributed by atoms with Gasteiger partial charge >= 0.3 is 0 Å². The highest BCUT2D eigenvalue weighted by Gasteiger charge is 2.16. The molecule has 0 radical (unpaired) electrons. The summed E-state index contributed by atoms with van der Waals surface area (Å²) in [7, 11) is 0. The maximum atomic E-state index is 13.4. The zero-order chi connectivity index (χ0) is 15.8. The molecule has 2 aromatic heterocycles. The zero-order valence-corrected chi connectivity index (χ0v) is 13.0. The SMILES string of the molecule is O=c1cc(N2CCNCC2)nc2sc(-c3cccc(F)c3)nn12. The summed E-state index contributed by atoms with van der Waals surface area (Å²) >= 11 is 1.28. The highest BCUT2D eigenvalue weighted by Crippen LogP contribution is 2.25. The molecule has 3 heterocycles. The third-order valence-corrected chi connectivity index (χ3v) is 4.70. The molecule has 1 aliphatic heterocycles. The number of benzene rings is 1. The molecule has 1 saturated heterocycles. The first-order valence-electron chi connectivity index (χ1n) is 7.33. The normalized spacial score (nSPS) is 15.3. The highest BCUT2D eigenvalue weighted by atomic mass is 32.1. The molecule has 0 bridgehead atoms. The van der Waals surface area contributed by atoms with E-state index >= 15 is 0 Å². The van der Waals surface area contributed by atoms with Crippen molar-refractivity contribution in [3.05, 3.63) is 46.5 Å². The minimum atomic E-state index is -0.330. The van der Waals surface area contributed by atoms with Crippen LogP contribution in [0.5, 0.6) is 0 Å². The molecule has 0 amide bonds. The Labute approximate surface area is 135 Å². The van der Waals surface area contributed by atoms with Crippen LogP contribution in [-0.2, 0) is 0 Å². The summed E-state index contributed by atoms with van der Waals surface area (Å²) in [5.41, 5.74) is 0.422. The van der Waals surface area contributed by atoms with Gasteiger partial charge in [0, 0.05) is 37.8 Å². The van der Waals surface area contributed by atoms with Crippen LogP contribution in [0.1, 0.15) is 0 Å². The average Bonchev–Trinajstić information content (AvgIpc) is 3.00. The second kappa shape index (κ2) is 5.71. The number of hydrogen-bond donors (Lipinski definition) is 1. The number of nitrogens with zero attached hydrogens (tertiary/aromatic N) is 4. The lowest BCUT2D eigenvalue weighted by Crippen LogP contribution is -2.44. The van der Waals surface area contributed by atoms with Gasteiger partial charge in [-0.1, -0.05) is 23.5 Å². The summed E-state index contributed by atoms with van der Waals surface area (Å²) < 4.78 is 14.6. The first-order valence-corrected chi connectivity index (χ1v) is 8.15. The predicted molar refractivity (Wildman–Crippen MR) is 87.6 cm³/mol. The van der Waals surface area contributed by atoms with Gasteiger partial charge in [0.05, 0.1) is 0 Å².